The lowest BCUT2D eigenvalue weighted by Crippen LogP contribution is -2.10. The van der Waals surface area contributed by atoms with E-state index in [0.717, 1.165) is 11.4 Å². The number of fused-ring (bicyclic) bond motifs is 9. The van der Waals surface area contributed by atoms with Gasteiger partial charge >= 0.3 is 0 Å². The molecule has 8 aromatic carbocycles. The molecule has 1 heterocycles. The van der Waals surface area contributed by atoms with E-state index in [-0.39, 0.29) is 0 Å². The standard InChI is InChI=1S/C46H32N2/c1-29-20-30(2)22-38(21-29)47(35-10-4-3-5-11-35)36-18-16-31-25-41-43(27-33(31)23-36)42-26-32-17-19-37(24-34(32)28-44(41)42)48-45-14-8-6-12-39(45)40-13-7-9-15-46(40)48/h3-28H,1-2H3. The monoisotopic (exact) mass is 612 g/mol. The normalized spacial score (nSPS) is 12.0. The van der Waals surface area contributed by atoms with Crippen molar-refractivity contribution in [2.75, 3.05) is 4.90 Å². The van der Waals surface area contributed by atoms with Gasteiger partial charge in [-0.2, -0.15) is 0 Å². The Labute approximate surface area is 279 Å². The first-order valence-corrected chi connectivity index (χ1v) is 16.7. The quantitative estimate of drug-likeness (QED) is 0.192. The second kappa shape index (κ2) is 10.2. The number of rotatable bonds is 4. The molecule has 2 heteroatoms. The van der Waals surface area contributed by atoms with Crippen molar-refractivity contribution in [3.63, 3.8) is 0 Å². The molecule has 226 valence electrons. The highest BCUT2D eigenvalue weighted by Gasteiger charge is 2.24. The summed E-state index contributed by atoms with van der Waals surface area (Å²) in [5, 5.41) is 7.62. The van der Waals surface area contributed by atoms with E-state index in [1.165, 1.54) is 88.1 Å². The number of aryl methyl sites for hydroxylation is 2. The molecule has 0 N–H and O–H groups in total. The summed E-state index contributed by atoms with van der Waals surface area (Å²) in [7, 11) is 0. The van der Waals surface area contributed by atoms with Crippen LogP contribution in [0.4, 0.5) is 17.1 Å². The number of para-hydroxylation sites is 3. The molecule has 2 nitrogen and oxygen atoms in total. The van der Waals surface area contributed by atoms with E-state index in [2.05, 4.69) is 181 Å². The highest BCUT2D eigenvalue weighted by molar-refractivity contribution is 6.13. The largest absolute Gasteiger partial charge is 0.310 e. The first-order valence-electron chi connectivity index (χ1n) is 16.7. The lowest BCUT2D eigenvalue weighted by molar-refractivity contribution is 1.19. The van der Waals surface area contributed by atoms with E-state index in [1.54, 1.807) is 0 Å². The van der Waals surface area contributed by atoms with Crippen LogP contribution in [-0.4, -0.2) is 4.57 Å². The van der Waals surface area contributed by atoms with E-state index in [9.17, 15) is 0 Å². The fourth-order valence-electron chi connectivity index (χ4n) is 7.98. The van der Waals surface area contributed by atoms with E-state index >= 15 is 0 Å². The molecule has 48 heavy (non-hydrogen) atoms. The van der Waals surface area contributed by atoms with Crippen LogP contribution in [0.1, 0.15) is 11.1 Å². The van der Waals surface area contributed by atoms with Crippen molar-refractivity contribution in [3.05, 3.63) is 169 Å². The summed E-state index contributed by atoms with van der Waals surface area (Å²) in [5.41, 5.74) is 15.0. The highest BCUT2D eigenvalue weighted by Crippen LogP contribution is 2.51. The van der Waals surface area contributed by atoms with Gasteiger partial charge in [0.05, 0.1) is 11.0 Å². The molecule has 0 bridgehead atoms. The molecular weight excluding hydrogens is 581 g/mol. The molecule has 0 spiro atoms. The average Bonchev–Trinajstić information content (AvgIpc) is 3.44. The number of benzene rings is 8. The van der Waals surface area contributed by atoms with Gasteiger partial charge in [0.15, 0.2) is 0 Å². The van der Waals surface area contributed by atoms with Crippen molar-refractivity contribution < 1.29 is 0 Å². The summed E-state index contributed by atoms with van der Waals surface area (Å²) in [6.07, 6.45) is 0. The van der Waals surface area contributed by atoms with Crippen molar-refractivity contribution in [2.24, 2.45) is 0 Å². The lowest BCUT2D eigenvalue weighted by atomic mass is 9.78. The second-order valence-corrected chi connectivity index (χ2v) is 13.2. The molecule has 0 fully saturated rings. The van der Waals surface area contributed by atoms with Gasteiger partial charge in [-0.25, -0.2) is 0 Å². The van der Waals surface area contributed by atoms with Gasteiger partial charge in [0.2, 0.25) is 0 Å². The Balaban J connectivity index is 1.07. The molecule has 0 unspecified atom stereocenters. The summed E-state index contributed by atoms with van der Waals surface area (Å²) in [6.45, 7) is 4.35. The van der Waals surface area contributed by atoms with Crippen molar-refractivity contribution in [1.82, 2.24) is 4.57 Å². The van der Waals surface area contributed by atoms with Crippen LogP contribution in [0.2, 0.25) is 0 Å². The van der Waals surface area contributed by atoms with Gasteiger partial charge in [0.25, 0.3) is 0 Å². The fraction of sp³-hybridized carbons (Fsp3) is 0.0435. The molecule has 0 amide bonds. The van der Waals surface area contributed by atoms with Gasteiger partial charge in [0.1, 0.15) is 0 Å². The third-order valence-corrected chi connectivity index (χ3v) is 10.1. The second-order valence-electron chi connectivity index (χ2n) is 13.2. The Bertz CT molecular complexity index is 2680. The van der Waals surface area contributed by atoms with Crippen molar-refractivity contribution in [2.45, 2.75) is 13.8 Å². The molecule has 0 saturated carbocycles. The van der Waals surface area contributed by atoms with Crippen LogP contribution in [0.5, 0.6) is 0 Å². The van der Waals surface area contributed by atoms with Crippen molar-refractivity contribution in [3.8, 4) is 27.9 Å². The fourth-order valence-corrected chi connectivity index (χ4v) is 7.98. The van der Waals surface area contributed by atoms with E-state index in [1.807, 2.05) is 0 Å². The topological polar surface area (TPSA) is 8.17 Å². The average molecular weight is 613 g/mol. The first-order chi connectivity index (χ1) is 23.6. The summed E-state index contributed by atoms with van der Waals surface area (Å²) in [4.78, 5) is 2.37. The lowest BCUT2D eigenvalue weighted by Gasteiger charge is -2.28. The molecule has 0 aliphatic heterocycles. The number of hydrogen-bond donors (Lipinski definition) is 0. The molecule has 1 aliphatic carbocycles. The highest BCUT2D eigenvalue weighted by atomic mass is 15.1. The maximum Gasteiger partial charge on any atom is 0.0541 e. The van der Waals surface area contributed by atoms with E-state index in [0.29, 0.717) is 0 Å². The molecule has 10 rings (SSSR count). The number of aromatic nitrogens is 1. The number of hydrogen-bond acceptors (Lipinski definition) is 1. The van der Waals surface area contributed by atoms with Crippen LogP contribution in [0.3, 0.4) is 0 Å². The third-order valence-electron chi connectivity index (χ3n) is 10.1. The predicted octanol–water partition coefficient (Wildman–Crippen LogP) is 12.8. The van der Waals surface area contributed by atoms with Crippen molar-refractivity contribution >= 4 is 60.4 Å². The van der Waals surface area contributed by atoms with Gasteiger partial charge in [-0.1, -0.05) is 72.8 Å². The zero-order valence-electron chi connectivity index (χ0n) is 26.9. The van der Waals surface area contributed by atoms with Crippen LogP contribution < -0.4 is 4.90 Å². The SMILES string of the molecule is Cc1cc(C)cc(N(c2ccccc2)c2ccc3cc4c(cc3c2)-c2cc3ccc(-n5c6ccccc6c6ccccc65)cc3cc2-4)c1. The van der Waals surface area contributed by atoms with Gasteiger partial charge in [0, 0.05) is 33.5 Å². The Morgan fingerprint density at radius 1 is 0.375 bits per heavy atom. The van der Waals surface area contributed by atoms with Crippen LogP contribution in [0.15, 0.2) is 158 Å². The van der Waals surface area contributed by atoms with Gasteiger partial charge in [-0.15, -0.1) is 0 Å². The summed E-state index contributed by atoms with van der Waals surface area (Å²) < 4.78 is 2.40. The molecule has 0 atom stereocenters. The molecule has 1 aromatic heterocycles. The molecule has 9 aromatic rings. The Morgan fingerprint density at radius 2 is 0.896 bits per heavy atom. The Kier molecular flexibility index (Phi) is 5.74. The maximum absolute atomic E-state index is 2.40. The van der Waals surface area contributed by atoms with Crippen LogP contribution in [0.25, 0.3) is 71.3 Å². The predicted molar refractivity (Wildman–Crippen MR) is 204 cm³/mol. The smallest absolute Gasteiger partial charge is 0.0541 e. The van der Waals surface area contributed by atoms with Crippen molar-refractivity contribution in [1.29, 1.82) is 0 Å². The van der Waals surface area contributed by atoms with Gasteiger partial charge < -0.3 is 9.47 Å². The van der Waals surface area contributed by atoms with Crippen LogP contribution in [-0.2, 0) is 0 Å². The summed E-state index contributed by atoms with van der Waals surface area (Å²) >= 11 is 0. The summed E-state index contributed by atoms with van der Waals surface area (Å²) in [6, 6.07) is 58.2. The minimum Gasteiger partial charge on any atom is -0.310 e. The van der Waals surface area contributed by atoms with E-state index < -0.39 is 0 Å². The van der Waals surface area contributed by atoms with E-state index in [4.69, 9.17) is 0 Å². The summed E-state index contributed by atoms with van der Waals surface area (Å²) in [5.74, 6) is 0. The van der Waals surface area contributed by atoms with Gasteiger partial charge in [-0.05, 0) is 154 Å². The first kappa shape index (κ1) is 27.0. The van der Waals surface area contributed by atoms with Crippen LogP contribution >= 0.6 is 0 Å². The van der Waals surface area contributed by atoms with Gasteiger partial charge in [-0.3, -0.25) is 0 Å². The minimum absolute atomic E-state index is 1.16. The van der Waals surface area contributed by atoms with Crippen LogP contribution in [0, 0.1) is 13.8 Å². The Morgan fingerprint density at radius 3 is 1.52 bits per heavy atom. The zero-order chi connectivity index (χ0) is 31.9. The molecule has 0 saturated heterocycles. The molecular formula is C46H32N2. The Hall–Kier alpha value is -6.12. The zero-order valence-corrected chi connectivity index (χ0v) is 26.9. The molecule has 1 aliphatic rings. The maximum atomic E-state index is 2.40. The third kappa shape index (κ3) is 4.06. The number of anilines is 3. The minimum atomic E-state index is 1.16. The number of nitrogens with zero attached hydrogens (tertiary/aromatic N) is 2. The molecule has 0 radical (unpaired) electrons.